The van der Waals surface area contributed by atoms with E-state index in [1.807, 2.05) is 10.6 Å². The molecule has 1 radical (unpaired) electrons. The summed E-state index contributed by atoms with van der Waals surface area (Å²) in [5, 5.41) is 139. The first-order chi connectivity index (χ1) is 21.3. The fourth-order valence-electron chi connectivity index (χ4n) is 3.59. The van der Waals surface area contributed by atoms with Gasteiger partial charge in [-0.3, -0.25) is 0 Å². The normalized spacial score (nSPS) is 17.2. The molecule has 0 aliphatic rings. The van der Waals surface area contributed by atoms with Gasteiger partial charge in [0.25, 0.3) is 11.4 Å². The zero-order valence-corrected chi connectivity index (χ0v) is 24.6. The Morgan fingerprint density at radius 2 is 0.894 bits per heavy atom. The van der Waals surface area contributed by atoms with Crippen molar-refractivity contribution < 1.29 is 108 Å². The van der Waals surface area contributed by atoms with Crippen molar-refractivity contribution in [3.8, 4) is 0 Å². The zero-order chi connectivity index (χ0) is 35.6. The number of carbonyl (C=O) groups is 4. The minimum absolute atomic E-state index is 0. The van der Waals surface area contributed by atoms with Gasteiger partial charge in [0.15, 0.2) is 0 Å². The SMILES string of the molecule is O=C([O-])c1ccccc1N[C@@](O)(C(=O)O)[C@@H](O)[C@H](O)[C@H](O)CO.O=C([O-])c1ccccc1N[C@@](O)(C(=O)O)[C@@H](O)[C@H](O)[C@H](O)CO.[Cu+2]. The summed E-state index contributed by atoms with van der Waals surface area (Å²) in [5.41, 5.74) is -8.31. The van der Waals surface area contributed by atoms with Gasteiger partial charge in [-0.25, -0.2) is 9.59 Å². The largest absolute Gasteiger partial charge is 2.00 e. The quantitative estimate of drug-likeness (QED) is 0.0565. The fraction of sp³-hybridized carbons (Fsp3) is 0.385. The predicted molar refractivity (Wildman–Crippen MR) is 144 cm³/mol. The number of aliphatic hydroxyl groups is 10. The Bertz CT molecular complexity index is 1270. The van der Waals surface area contributed by atoms with Crippen LogP contribution in [0.25, 0.3) is 0 Å². The van der Waals surface area contributed by atoms with E-state index in [2.05, 4.69) is 0 Å². The number of nitrogens with one attached hydrogen (secondary N) is 2. The number of hydrogen-bond donors (Lipinski definition) is 14. The summed E-state index contributed by atoms with van der Waals surface area (Å²) >= 11 is 0. The monoisotopic (exact) mass is 723 g/mol. The molecule has 0 spiro atoms. The van der Waals surface area contributed by atoms with Crippen molar-refractivity contribution >= 4 is 35.3 Å². The van der Waals surface area contributed by atoms with E-state index in [4.69, 9.17) is 20.4 Å². The van der Waals surface area contributed by atoms with E-state index in [-0.39, 0.29) is 17.1 Å². The average Bonchev–Trinajstić information content (AvgIpc) is 3.02. The maximum absolute atomic E-state index is 11.3. The molecule has 2 rings (SSSR count). The van der Waals surface area contributed by atoms with E-state index in [1.165, 1.54) is 24.3 Å². The number of aliphatic hydroxyl groups excluding tert-OH is 8. The van der Waals surface area contributed by atoms with Gasteiger partial charge in [0, 0.05) is 22.5 Å². The minimum atomic E-state index is -3.25. The first kappa shape index (κ1) is 43.0. The third-order valence-corrected chi connectivity index (χ3v) is 6.26. The molecule has 0 fully saturated rings. The molecule has 265 valence electrons. The molecule has 2 aromatic carbocycles. The molecule has 0 heterocycles. The third-order valence-electron chi connectivity index (χ3n) is 6.26. The Hall–Kier alpha value is -3.96. The Morgan fingerprint density at radius 1 is 0.617 bits per heavy atom. The smallest absolute Gasteiger partial charge is 0.545 e. The minimum Gasteiger partial charge on any atom is -0.545 e. The van der Waals surface area contributed by atoms with Crippen LogP contribution in [0, 0.1) is 0 Å². The van der Waals surface area contributed by atoms with Gasteiger partial charge in [-0.2, -0.15) is 0 Å². The zero-order valence-electron chi connectivity index (χ0n) is 23.6. The van der Waals surface area contributed by atoms with Crippen molar-refractivity contribution in [3.63, 3.8) is 0 Å². The van der Waals surface area contributed by atoms with Crippen molar-refractivity contribution in [1.29, 1.82) is 0 Å². The molecular formula is C26H32CuN2O18. The molecule has 0 aliphatic carbocycles. The molecule has 0 saturated carbocycles. The second-order valence-electron chi connectivity index (χ2n) is 9.43. The van der Waals surface area contributed by atoms with Crippen LogP contribution >= 0.6 is 0 Å². The Kier molecular flexibility index (Phi) is 16.8. The number of aromatic carboxylic acids is 2. The van der Waals surface area contributed by atoms with Crippen LogP contribution in [-0.4, -0.2) is 146 Å². The summed E-state index contributed by atoms with van der Waals surface area (Å²) in [7, 11) is 0. The van der Waals surface area contributed by atoms with Gasteiger partial charge >= 0.3 is 29.0 Å². The second kappa shape index (κ2) is 18.4. The molecule has 47 heavy (non-hydrogen) atoms. The first-order valence-corrected chi connectivity index (χ1v) is 12.7. The number of anilines is 2. The summed E-state index contributed by atoms with van der Waals surface area (Å²) in [4.78, 5) is 44.5. The van der Waals surface area contributed by atoms with Crippen molar-refractivity contribution in [1.82, 2.24) is 0 Å². The second-order valence-corrected chi connectivity index (χ2v) is 9.43. The molecular weight excluding hydrogens is 692 g/mol. The summed E-state index contributed by atoms with van der Waals surface area (Å²) in [6.07, 6.45) is -13.3. The molecule has 21 heteroatoms. The van der Waals surface area contributed by atoms with Crippen molar-refractivity contribution in [2.24, 2.45) is 0 Å². The molecule has 2 aromatic rings. The van der Waals surface area contributed by atoms with Crippen molar-refractivity contribution in [3.05, 3.63) is 59.7 Å². The van der Waals surface area contributed by atoms with Gasteiger partial charge < -0.3 is 91.7 Å². The molecule has 0 unspecified atom stereocenters. The van der Waals surface area contributed by atoms with Crippen LogP contribution in [0.2, 0.25) is 0 Å². The summed E-state index contributed by atoms with van der Waals surface area (Å²) in [6, 6.07) is 9.59. The van der Waals surface area contributed by atoms with Gasteiger partial charge in [0.05, 0.1) is 25.2 Å². The Morgan fingerprint density at radius 3 is 1.13 bits per heavy atom. The Balaban J connectivity index is 0.000000882. The summed E-state index contributed by atoms with van der Waals surface area (Å²) in [6.45, 7) is -2.02. The topological polar surface area (TPSA) is 381 Å². The number of para-hydroxylation sites is 2. The standard InChI is InChI=1S/2C13H17NO9.Cu/c2*15-5-8(16)9(17)10(18)13(23,12(21)22)14-7-4-2-1-3-6(7)11(19)20;/h2*1-4,8-10,14-18,23H,5H2,(H,19,20)(H,21,22);/q;;+2/p-2/t2*8-,9-,10+,13+;/m11./s1. The molecule has 0 saturated heterocycles. The van der Waals surface area contributed by atoms with Crippen LogP contribution in [0.3, 0.4) is 0 Å². The molecule has 8 atom stereocenters. The van der Waals surface area contributed by atoms with E-state index >= 15 is 0 Å². The fourth-order valence-corrected chi connectivity index (χ4v) is 3.59. The van der Waals surface area contributed by atoms with E-state index in [9.17, 15) is 70.2 Å². The number of aliphatic carboxylic acids is 2. The van der Waals surface area contributed by atoms with Gasteiger partial charge in [-0.1, -0.05) is 36.4 Å². The van der Waals surface area contributed by atoms with Crippen LogP contribution in [-0.2, 0) is 26.7 Å². The van der Waals surface area contributed by atoms with E-state index in [1.54, 1.807) is 0 Å². The maximum atomic E-state index is 11.3. The average molecular weight is 724 g/mol. The third kappa shape index (κ3) is 10.5. The van der Waals surface area contributed by atoms with Crippen molar-refractivity contribution in [2.75, 3.05) is 23.8 Å². The van der Waals surface area contributed by atoms with Gasteiger partial charge in [0.2, 0.25) is 0 Å². The van der Waals surface area contributed by atoms with Gasteiger partial charge in [0.1, 0.15) is 36.6 Å². The Labute approximate surface area is 274 Å². The maximum Gasteiger partial charge on any atom is 2.00 e. The number of rotatable bonds is 16. The number of carboxylic acid groups (broad SMARTS) is 4. The number of hydrogen-bond acceptors (Lipinski definition) is 18. The van der Waals surface area contributed by atoms with E-state index in [0.717, 1.165) is 24.3 Å². The van der Waals surface area contributed by atoms with E-state index < -0.39 is 108 Å². The molecule has 14 N–H and O–H groups in total. The number of carboxylic acids is 4. The van der Waals surface area contributed by atoms with E-state index in [0.29, 0.717) is 0 Å². The molecule has 0 aliphatic heterocycles. The van der Waals surface area contributed by atoms with Gasteiger partial charge in [-0.15, -0.1) is 0 Å². The van der Waals surface area contributed by atoms with Crippen LogP contribution in [0.1, 0.15) is 20.7 Å². The van der Waals surface area contributed by atoms with Crippen LogP contribution in [0.4, 0.5) is 11.4 Å². The van der Waals surface area contributed by atoms with Crippen LogP contribution < -0.4 is 20.8 Å². The number of carbonyl (C=O) groups excluding carboxylic acids is 2. The van der Waals surface area contributed by atoms with Gasteiger partial charge in [-0.05, 0) is 12.1 Å². The first-order valence-electron chi connectivity index (χ1n) is 12.7. The molecule has 0 amide bonds. The summed E-state index contributed by atoms with van der Waals surface area (Å²) in [5.74, 6) is -7.46. The van der Waals surface area contributed by atoms with Crippen molar-refractivity contribution in [2.45, 2.75) is 48.1 Å². The van der Waals surface area contributed by atoms with Crippen LogP contribution in [0.15, 0.2) is 48.5 Å². The summed E-state index contributed by atoms with van der Waals surface area (Å²) < 4.78 is 0. The molecule has 20 nitrogen and oxygen atoms in total. The van der Waals surface area contributed by atoms with Crippen LogP contribution in [0.5, 0.6) is 0 Å². The number of benzene rings is 2. The predicted octanol–water partition coefficient (Wildman–Crippen LogP) is -7.38. The molecule has 0 bridgehead atoms. The molecule has 0 aromatic heterocycles.